The zero-order valence-electron chi connectivity index (χ0n) is 18.4. The molecule has 4 heterocycles. The maximum absolute atomic E-state index is 13.3. The van der Waals surface area contributed by atoms with Crippen LogP contribution < -0.4 is 9.64 Å². The van der Waals surface area contributed by atoms with Gasteiger partial charge in [-0.2, -0.15) is 0 Å². The van der Waals surface area contributed by atoms with E-state index in [1.807, 2.05) is 13.0 Å². The summed E-state index contributed by atoms with van der Waals surface area (Å²) in [7, 11) is 0. The number of aliphatic hydroxyl groups excluding tert-OH is 1. The molecule has 2 aromatic carbocycles. The molecule has 2 aromatic heterocycles. The molecule has 174 valence electrons. The Bertz CT molecular complexity index is 1550. The second-order valence-corrected chi connectivity index (χ2v) is 9.96. The Morgan fingerprint density at radius 3 is 2.86 bits per heavy atom. The molecular formula is C26H18ClN3O4S. The number of hydrogen-bond acceptors (Lipinski definition) is 7. The lowest BCUT2D eigenvalue weighted by atomic mass is 9.95. The van der Waals surface area contributed by atoms with Gasteiger partial charge in [-0.25, -0.2) is 4.98 Å². The van der Waals surface area contributed by atoms with E-state index >= 15 is 0 Å². The van der Waals surface area contributed by atoms with Crippen molar-refractivity contribution in [3.63, 3.8) is 0 Å². The first-order chi connectivity index (χ1) is 16.9. The van der Waals surface area contributed by atoms with Crippen molar-refractivity contribution in [1.82, 2.24) is 9.97 Å². The number of carbonyl (C=O) groups excluding carboxylic acids is 2. The van der Waals surface area contributed by atoms with Crippen molar-refractivity contribution in [2.24, 2.45) is 0 Å². The fourth-order valence-corrected chi connectivity index (χ4v) is 5.87. The summed E-state index contributed by atoms with van der Waals surface area (Å²) in [5.74, 6) is -1.03. The van der Waals surface area contributed by atoms with Crippen molar-refractivity contribution >= 4 is 55.7 Å². The van der Waals surface area contributed by atoms with Crippen molar-refractivity contribution in [3.8, 4) is 5.75 Å². The predicted octanol–water partition coefficient (Wildman–Crippen LogP) is 5.29. The van der Waals surface area contributed by atoms with E-state index in [9.17, 15) is 14.7 Å². The van der Waals surface area contributed by atoms with Gasteiger partial charge in [0.25, 0.3) is 5.78 Å². The van der Waals surface area contributed by atoms with E-state index in [1.54, 1.807) is 54.9 Å². The Morgan fingerprint density at radius 2 is 2.06 bits per heavy atom. The van der Waals surface area contributed by atoms with E-state index in [-0.39, 0.29) is 17.4 Å². The van der Waals surface area contributed by atoms with Crippen molar-refractivity contribution in [2.75, 3.05) is 4.90 Å². The van der Waals surface area contributed by atoms with E-state index in [2.05, 4.69) is 9.97 Å². The summed E-state index contributed by atoms with van der Waals surface area (Å²) in [6.07, 6.45) is 3.93. The van der Waals surface area contributed by atoms with Gasteiger partial charge in [-0.05, 0) is 60.5 Å². The van der Waals surface area contributed by atoms with Crippen molar-refractivity contribution in [2.45, 2.75) is 25.5 Å². The standard InChI is InChI=1S/C26H18ClN3O4S/c1-13-9-16-10-14(4-7-19(16)34-13)23(31)21-22(15-3-2-8-28-12-15)30(25(33)24(21)32)26-29-18-6-5-17(27)11-20(18)35-26/h2-8,10-13,22,31H,9H2,1H3. The molecule has 9 heteroatoms. The van der Waals surface area contributed by atoms with Crippen molar-refractivity contribution < 1.29 is 19.4 Å². The third-order valence-corrected chi connectivity index (χ3v) is 7.41. The molecule has 35 heavy (non-hydrogen) atoms. The Hall–Kier alpha value is -3.75. The predicted molar refractivity (Wildman–Crippen MR) is 134 cm³/mol. The molecule has 2 atom stereocenters. The Labute approximate surface area is 209 Å². The van der Waals surface area contributed by atoms with Crippen LogP contribution in [0, 0.1) is 0 Å². The number of aliphatic hydroxyl groups is 1. The highest BCUT2D eigenvalue weighted by atomic mass is 35.5. The van der Waals surface area contributed by atoms with Crippen molar-refractivity contribution in [3.05, 3.63) is 88.2 Å². The number of anilines is 1. The van der Waals surface area contributed by atoms with Gasteiger partial charge in [0.05, 0.1) is 21.8 Å². The van der Waals surface area contributed by atoms with Gasteiger partial charge in [0.1, 0.15) is 17.6 Å². The summed E-state index contributed by atoms with van der Waals surface area (Å²) >= 11 is 7.39. The number of pyridine rings is 1. The van der Waals surface area contributed by atoms with Gasteiger partial charge in [-0.1, -0.05) is 29.0 Å². The van der Waals surface area contributed by atoms with Crippen LogP contribution in [0.1, 0.15) is 29.7 Å². The Balaban J connectivity index is 1.53. The zero-order chi connectivity index (χ0) is 24.3. The number of amides is 1. The van der Waals surface area contributed by atoms with Gasteiger partial charge < -0.3 is 9.84 Å². The normalized spacial score (nSPS) is 20.9. The average Bonchev–Trinajstić information content (AvgIpc) is 3.51. The second kappa shape index (κ2) is 8.18. The van der Waals surface area contributed by atoms with Crippen LogP contribution in [0.3, 0.4) is 0 Å². The Morgan fingerprint density at radius 1 is 1.20 bits per heavy atom. The highest BCUT2D eigenvalue weighted by Crippen LogP contribution is 2.44. The maximum Gasteiger partial charge on any atom is 0.301 e. The molecule has 2 unspecified atom stereocenters. The summed E-state index contributed by atoms with van der Waals surface area (Å²) in [5.41, 5.74) is 2.63. The number of fused-ring (bicyclic) bond motifs is 2. The number of nitrogens with zero attached hydrogens (tertiary/aromatic N) is 3. The molecule has 2 aliphatic heterocycles. The molecule has 0 saturated carbocycles. The van der Waals surface area contributed by atoms with Gasteiger partial charge in [-0.15, -0.1) is 0 Å². The number of rotatable bonds is 3. The number of thiazole rings is 1. The number of ketones is 1. The molecular weight excluding hydrogens is 486 g/mol. The Kier molecular flexibility index (Phi) is 5.09. The monoisotopic (exact) mass is 503 g/mol. The lowest BCUT2D eigenvalue weighted by Crippen LogP contribution is -2.29. The molecule has 2 aliphatic rings. The van der Waals surface area contributed by atoms with Gasteiger partial charge in [0.2, 0.25) is 0 Å². The molecule has 0 aliphatic carbocycles. The van der Waals surface area contributed by atoms with Gasteiger partial charge >= 0.3 is 5.91 Å². The first-order valence-corrected chi connectivity index (χ1v) is 12.2. The number of hydrogen-bond donors (Lipinski definition) is 1. The fraction of sp³-hybridized carbons (Fsp3) is 0.154. The molecule has 1 fully saturated rings. The third kappa shape index (κ3) is 3.57. The van der Waals surface area contributed by atoms with Gasteiger partial charge in [0, 0.05) is 29.4 Å². The smallest absolute Gasteiger partial charge is 0.301 e. The summed E-state index contributed by atoms with van der Waals surface area (Å²) in [6.45, 7) is 1.97. The summed E-state index contributed by atoms with van der Waals surface area (Å²) in [4.78, 5) is 36.8. The molecule has 7 nitrogen and oxygen atoms in total. The van der Waals surface area contributed by atoms with Gasteiger partial charge in [-0.3, -0.25) is 19.5 Å². The minimum absolute atomic E-state index is 0.00722. The van der Waals surface area contributed by atoms with E-state index < -0.39 is 17.7 Å². The summed E-state index contributed by atoms with van der Waals surface area (Å²) in [5, 5.41) is 12.3. The molecule has 1 saturated heterocycles. The first kappa shape index (κ1) is 21.8. The quantitative estimate of drug-likeness (QED) is 0.232. The maximum atomic E-state index is 13.3. The molecule has 1 amide bonds. The van der Waals surface area contributed by atoms with E-state index in [4.69, 9.17) is 16.3 Å². The number of benzene rings is 2. The van der Waals surface area contributed by atoms with Gasteiger partial charge in [0.15, 0.2) is 5.13 Å². The first-order valence-electron chi connectivity index (χ1n) is 11.0. The van der Waals surface area contributed by atoms with Crippen LogP contribution in [-0.4, -0.2) is 32.9 Å². The average molecular weight is 504 g/mol. The van der Waals surface area contributed by atoms with Crippen molar-refractivity contribution in [1.29, 1.82) is 0 Å². The topological polar surface area (TPSA) is 92.6 Å². The third-order valence-electron chi connectivity index (χ3n) is 6.16. The zero-order valence-corrected chi connectivity index (χ0v) is 20.0. The molecule has 0 radical (unpaired) electrons. The van der Waals surface area contributed by atoms with Crippen LogP contribution in [0.2, 0.25) is 5.02 Å². The molecule has 0 spiro atoms. The number of halogens is 1. The van der Waals surface area contributed by atoms with Crippen LogP contribution in [0.4, 0.5) is 5.13 Å². The van der Waals surface area contributed by atoms with Crippen LogP contribution in [0.5, 0.6) is 5.75 Å². The minimum atomic E-state index is -0.886. The largest absolute Gasteiger partial charge is 0.507 e. The van der Waals surface area contributed by atoms with Crippen LogP contribution in [0.15, 0.2) is 66.5 Å². The number of carbonyl (C=O) groups is 2. The van der Waals surface area contributed by atoms with E-state index in [0.717, 1.165) is 16.0 Å². The summed E-state index contributed by atoms with van der Waals surface area (Å²) in [6, 6.07) is 13.1. The van der Waals surface area contributed by atoms with Crippen LogP contribution in [0.25, 0.3) is 16.0 Å². The van der Waals surface area contributed by atoms with Crippen LogP contribution >= 0.6 is 22.9 Å². The highest BCUT2D eigenvalue weighted by molar-refractivity contribution is 7.22. The molecule has 0 bridgehead atoms. The minimum Gasteiger partial charge on any atom is -0.507 e. The molecule has 6 rings (SSSR count). The number of Topliss-reactive ketones (excluding diaryl/α,β-unsaturated/α-hetero) is 1. The van der Waals surface area contributed by atoms with Crippen LogP contribution in [-0.2, 0) is 16.0 Å². The van der Waals surface area contributed by atoms with E-state index in [1.165, 1.54) is 16.2 Å². The number of ether oxygens (including phenoxy) is 1. The van der Waals surface area contributed by atoms with E-state index in [0.29, 0.717) is 33.2 Å². The summed E-state index contributed by atoms with van der Waals surface area (Å²) < 4.78 is 6.54. The number of aromatic nitrogens is 2. The lowest BCUT2D eigenvalue weighted by Gasteiger charge is -2.22. The lowest BCUT2D eigenvalue weighted by molar-refractivity contribution is -0.132. The SMILES string of the molecule is CC1Cc2cc(C(O)=C3C(=O)C(=O)N(c4nc5ccc(Cl)cc5s4)C3c3cccnc3)ccc2O1. The molecule has 4 aromatic rings. The highest BCUT2D eigenvalue weighted by Gasteiger charge is 2.48. The fourth-order valence-electron chi connectivity index (χ4n) is 4.60. The second-order valence-electron chi connectivity index (χ2n) is 8.52. The molecule has 1 N–H and O–H groups in total.